The lowest BCUT2D eigenvalue weighted by atomic mass is 10.1. The number of aryl methyl sites for hydroxylation is 1. The van der Waals surface area contributed by atoms with Crippen LogP contribution in [0.4, 0.5) is 0 Å². The van der Waals surface area contributed by atoms with E-state index >= 15 is 0 Å². The molecule has 4 heteroatoms. The smallest absolute Gasteiger partial charge is 0.349 e. The maximum atomic E-state index is 11.8. The molecule has 86 valence electrons. The minimum absolute atomic E-state index is 0.419. The molecule has 0 N–H and O–H groups in total. The Labute approximate surface area is 103 Å². The number of rotatable bonds is 2. The van der Waals surface area contributed by atoms with Crippen molar-refractivity contribution < 1.29 is 9.53 Å². The second kappa shape index (κ2) is 4.56. The first-order valence-electron chi connectivity index (χ1n) is 5.22. The molecule has 0 radical (unpaired) electrons. The molecular weight excluding hydrogens is 234 g/mol. The van der Waals surface area contributed by atoms with Gasteiger partial charge in [-0.15, -0.1) is 11.3 Å². The molecule has 0 fully saturated rings. The normalized spacial score (nSPS) is 12.1. The third-order valence-electron chi connectivity index (χ3n) is 2.49. The molecule has 0 unspecified atom stereocenters. The molecule has 1 atom stereocenters. The third-order valence-corrected chi connectivity index (χ3v) is 3.75. The van der Waals surface area contributed by atoms with Crippen molar-refractivity contribution in [3.05, 3.63) is 34.7 Å². The number of nitriles is 1. The van der Waals surface area contributed by atoms with E-state index in [-0.39, 0.29) is 0 Å². The molecule has 17 heavy (non-hydrogen) atoms. The zero-order chi connectivity index (χ0) is 12.4. The lowest BCUT2D eigenvalue weighted by Crippen LogP contribution is -2.12. The minimum Gasteiger partial charge on any atom is -0.443 e. The van der Waals surface area contributed by atoms with E-state index in [4.69, 9.17) is 10.00 Å². The highest BCUT2D eigenvalue weighted by Gasteiger charge is 2.18. The highest BCUT2D eigenvalue weighted by atomic mass is 32.1. The standard InChI is InChI=1S/C13H11NO2S/c1-8(7-14)16-13(15)12-9(2)10-5-3-4-6-11(10)17-12/h3-6,8H,1-2H3/t8-/m0/s1. The summed E-state index contributed by atoms with van der Waals surface area (Å²) in [7, 11) is 0. The van der Waals surface area contributed by atoms with Crippen LogP contribution in [0.2, 0.25) is 0 Å². The fraction of sp³-hybridized carbons (Fsp3) is 0.231. The van der Waals surface area contributed by atoms with E-state index in [9.17, 15) is 4.79 Å². The van der Waals surface area contributed by atoms with E-state index in [0.29, 0.717) is 4.88 Å². The second-order valence-corrected chi connectivity index (χ2v) is 4.78. The van der Waals surface area contributed by atoms with Gasteiger partial charge in [0.1, 0.15) is 10.9 Å². The molecule has 3 nitrogen and oxygen atoms in total. The fourth-order valence-electron chi connectivity index (χ4n) is 1.61. The van der Waals surface area contributed by atoms with Gasteiger partial charge in [-0.2, -0.15) is 5.26 Å². The van der Waals surface area contributed by atoms with Crippen molar-refractivity contribution >= 4 is 27.4 Å². The highest BCUT2D eigenvalue weighted by molar-refractivity contribution is 7.21. The molecule has 0 aliphatic heterocycles. The van der Waals surface area contributed by atoms with E-state index in [2.05, 4.69) is 0 Å². The number of hydrogen-bond donors (Lipinski definition) is 0. The largest absolute Gasteiger partial charge is 0.443 e. The van der Waals surface area contributed by atoms with Gasteiger partial charge >= 0.3 is 5.97 Å². The Morgan fingerprint density at radius 1 is 1.47 bits per heavy atom. The van der Waals surface area contributed by atoms with Gasteiger partial charge in [-0.05, 0) is 30.9 Å². The molecule has 2 rings (SSSR count). The Bertz CT molecular complexity index is 609. The predicted octanol–water partition coefficient (Wildman–Crippen LogP) is 3.28. The maximum absolute atomic E-state index is 11.8. The van der Waals surface area contributed by atoms with Crippen molar-refractivity contribution in [2.75, 3.05) is 0 Å². The zero-order valence-electron chi connectivity index (χ0n) is 9.56. The average Bonchev–Trinajstić information content (AvgIpc) is 2.67. The molecule has 0 spiro atoms. The quantitative estimate of drug-likeness (QED) is 0.763. The maximum Gasteiger partial charge on any atom is 0.349 e. The van der Waals surface area contributed by atoms with E-state index in [1.807, 2.05) is 37.3 Å². The van der Waals surface area contributed by atoms with Gasteiger partial charge in [0.25, 0.3) is 0 Å². The van der Waals surface area contributed by atoms with Gasteiger partial charge in [0.05, 0.1) is 0 Å². The summed E-state index contributed by atoms with van der Waals surface area (Å²) in [6.07, 6.45) is -0.716. The zero-order valence-corrected chi connectivity index (χ0v) is 10.4. The lowest BCUT2D eigenvalue weighted by molar-refractivity contribution is 0.0440. The van der Waals surface area contributed by atoms with Crippen LogP contribution in [0.1, 0.15) is 22.2 Å². The molecule has 0 bridgehead atoms. The Kier molecular flexibility index (Phi) is 3.12. The highest BCUT2D eigenvalue weighted by Crippen LogP contribution is 2.31. The average molecular weight is 245 g/mol. The predicted molar refractivity (Wildman–Crippen MR) is 67.1 cm³/mol. The number of ether oxygens (including phenoxy) is 1. The van der Waals surface area contributed by atoms with Gasteiger partial charge in [0, 0.05) is 4.70 Å². The van der Waals surface area contributed by atoms with Crippen molar-refractivity contribution in [3.8, 4) is 6.07 Å². The van der Waals surface area contributed by atoms with Gasteiger partial charge in [-0.25, -0.2) is 4.79 Å². The molecule has 2 aromatic rings. The number of hydrogen-bond acceptors (Lipinski definition) is 4. The molecule has 0 amide bonds. The molecule has 0 saturated carbocycles. The first-order valence-corrected chi connectivity index (χ1v) is 6.04. The van der Waals surface area contributed by atoms with Gasteiger partial charge in [-0.3, -0.25) is 0 Å². The van der Waals surface area contributed by atoms with Crippen LogP contribution < -0.4 is 0 Å². The van der Waals surface area contributed by atoms with Gasteiger partial charge in [0.15, 0.2) is 6.10 Å². The Morgan fingerprint density at radius 3 is 2.82 bits per heavy atom. The first kappa shape index (κ1) is 11.6. The number of thiophene rings is 1. The van der Waals surface area contributed by atoms with Crippen LogP contribution in [0.3, 0.4) is 0 Å². The molecule has 1 aromatic heterocycles. The van der Waals surface area contributed by atoms with Crippen LogP contribution in [0.5, 0.6) is 0 Å². The van der Waals surface area contributed by atoms with Crippen LogP contribution in [-0.4, -0.2) is 12.1 Å². The van der Waals surface area contributed by atoms with Crippen molar-refractivity contribution in [3.63, 3.8) is 0 Å². The van der Waals surface area contributed by atoms with Crippen LogP contribution >= 0.6 is 11.3 Å². The fourth-order valence-corrected chi connectivity index (χ4v) is 2.70. The number of fused-ring (bicyclic) bond motifs is 1. The molecule has 1 aromatic carbocycles. The number of carbonyl (C=O) groups is 1. The molecule has 0 aliphatic carbocycles. The number of esters is 1. The van der Waals surface area contributed by atoms with Gasteiger partial charge in [0.2, 0.25) is 0 Å². The van der Waals surface area contributed by atoms with Crippen molar-refractivity contribution in [2.24, 2.45) is 0 Å². The molecule has 1 heterocycles. The summed E-state index contributed by atoms with van der Waals surface area (Å²) in [5.74, 6) is -0.419. The van der Waals surface area contributed by atoms with E-state index in [1.165, 1.54) is 11.3 Å². The lowest BCUT2D eigenvalue weighted by Gasteiger charge is -2.04. The topological polar surface area (TPSA) is 50.1 Å². The summed E-state index contributed by atoms with van der Waals surface area (Å²) < 4.78 is 6.06. The summed E-state index contributed by atoms with van der Waals surface area (Å²) in [5.41, 5.74) is 0.917. The van der Waals surface area contributed by atoms with Crippen molar-refractivity contribution in [1.82, 2.24) is 0 Å². The van der Waals surface area contributed by atoms with E-state index in [1.54, 1.807) is 6.92 Å². The number of carbonyl (C=O) groups excluding carboxylic acids is 1. The number of nitrogens with zero attached hydrogens (tertiary/aromatic N) is 1. The Morgan fingerprint density at radius 2 is 2.18 bits per heavy atom. The molecule has 0 saturated heterocycles. The summed E-state index contributed by atoms with van der Waals surface area (Å²) in [5, 5.41) is 9.68. The molecular formula is C13H11NO2S. The molecule has 0 aliphatic rings. The Balaban J connectivity index is 2.40. The van der Waals surface area contributed by atoms with Crippen LogP contribution in [-0.2, 0) is 4.74 Å². The second-order valence-electron chi connectivity index (χ2n) is 3.73. The Hall–Kier alpha value is -1.86. The van der Waals surface area contributed by atoms with E-state index < -0.39 is 12.1 Å². The van der Waals surface area contributed by atoms with Crippen molar-refractivity contribution in [1.29, 1.82) is 5.26 Å². The third kappa shape index (κ3) is 2.15. The minimum atomic E-state index is -0.716. The van der Waals surface area contributed by atoms with E-state index in [0.717, 1.165) is 15.6 Å². The summed E-state index contributed by atoms with van der Waals surface area (Å²) >= 11 is 1.40. The SMILES string of the molecule is Cc1c(C(=O)O[C@@H](C)C#N)sc2ccccc12. The van der Waals surface area contributed by atoms with Crippen LogP contribution in [0.25, 0.3) is 10.1 Å². The van der Waals surface area contributed by atoms with Gasteiger partial charge < -0.3 is 4.74 Å². The summed E-state index contributed by atoms with van der Waals surface area (Å²) in [6.45, 7) is 3.45. The van der Waals surface area contributed by atoms with Crippen molar-refractivity contribution in [2.45, 2.75) is 20.0 Å². The summed E-state index contributed by atoms with van der Waals surface area (Å²) in [4.78, 5) is 12.4. The first-order chi connectivity index (χ1) is 8.13. The van der Waals surface area contributed by atoms with Gasteiger partial charge in [-0.1, -0.05) is 18.2 Å². The summed E-state index contributed by atoms with van der Waals surface area (Å²) in [6, 6.07) is 9.70. The van der Waals surface area contributed by atoms with Crippen LogP contribution in [0.15, 0.2) is 24.3 Å². The van der Waals surface area contributed by atoms with Crippen LogP contribution in [0, 0.1) is 18.3 Å². The monoisotopic (exact) mass is 245 g/mol. The number of benzene rings is 1.